The van der Waals surface area contributed by atoms with Crippen molar-refractivity contribution in [3.8, 4) is 11.4 Å². The van der Waals surface area contributed by atoms with Gasteiger partial charge in [-0.05, 0) is 19.1 Å². The normalized spacial score (nSPS) is 11.5. The summed E-state index contributed by atoms with van der Waals surface area (Å²) >= 11 is 5.87. The van der Waals surface area contributed by atoms with E-state index in [9.17, 15) is 18.0 Å². The first-order valence-electron chi connectivity index (χ1n) is 5.40. The van der Waals surface area contributed by atoms with E-state index in [-0.39, 0.29) is 22.1 Å². The molecule has 1 heterocycles. The Bertz CT molecular complexity index is 700. The van der Waals surface area contributed by atoms with Crippen molar-refractivity contribution in [1.82, 2.24) is 15.0 Å². The van der Waals surface area contributed by atoms with Gasteiger partial charge in [0.15, 0.2) is 5.69 Å². The number of carboxylic acid groups (broad SMARTS) is 1. The number of benzene rings is 1. The molecule has 0 atom stereocenters. The number of aromatic carboxylic acids is 1. The maximum atomic E-state index is 12.1. The van der Waals surface area contributed by atoms with Gasteiger partial charge in [-0.3, -0.25) is 0 Å². The smallest absolute Gasteiger partial charge is 0.476 e. The first-order valence-corrected chi connectivity index (χ1v) is 5.78. The highest BCUT2D eigenvalue weighted by molar-refractivity contribution is 6.32. The Morgan fingerprint density at radius 2 is 2.10 bits per heavy atom. The van der Waals surface area contributed by atoms with Crippen molar-refractivity contribution >= 4 is 17.6 Å². The Balaban J connectivity index is 2.40. The predicted molar refractivity (Wildman–Crippen MR) is 64.7 cm³/mol. The second-order valence-electron chi connectivity index (χ2n) is 3.90. The molecule has 2 aromatic rings. The maximum absolute atomic E-state index is 12.1. The highest BCUT2D eigenvalue weighted by Crippen LogP contribution is 2.29. The molecule has 0 amide bonds. The molecule has 112 valence electrons. The number of carboxylic acids is 1. The van der Waals surface area contributed by atoms with Gasteiger partial charge in [0, 0.05) is 6.07 Å². The molecule has 0 radical (unpaired) electrons. The summed E-state index contributed by atoms with van der Waals surface area (Å²) in [7, 11) is 0. The molecular weight excluding hydrogens is 315 g/mol. The molecule has 0 aliphatic carbocycles. The van der Waals surface area contributed by atoms with Crippen molar-refractivity contribution in [3.63, 3.8) is 0 Å². The van der Waals surface area contributed by atoms with Gasteiger partial charge in [0.2, 0.25) is 0 Å². The molecular formula is C11H7ClF3N3O3. The Morgan fingerprint density at radius 3 is 2.57 bits per heavy atom. The van der Waals surface area contributed by atoms with E-state index < -0.39 is 18.1 Å². The quantitative estimate of drug-likeness (QED) is 0.940. The molecule has 2 rings (SSSR count). The molecule has 1 N–H and O–H groups in total. The first kappa shape index (κ1) is 15.1. The number of halogens is 4. The Labute approximate surface area is 120 Å². The lowest BCUT2D eigenvalue weighted by atomic mass is 10.2. The molecule has 0 aliphatic rings. The van der Waals surface area contributed by atoms with Gasteiger partial charge in [-0.2, -0.15) is 0 Å². The molecule has 0 saturated heterocycles. The fourth-order valence-corrected chi connectivity index (χ4v) is 1.86. The van der Waals surface area contributed by atoms with Crippen LogP contribution < -0.4 is 4.74 Å². The number of alkyl halides is 3. The van der Waals surface area contributed by atoms with Gasteiger partial charge in [0.25, 0.3) is 0 Å². The summed E-state index contributed by atoms with van der Waals surface area (Å²) in [5, 5.41) is 15.8. The lowest BCUT2D eigenvalue weighted by Gasteiger charge is -2.11. The van der Waals surface area contributed by atoms with E-state index in [1.54, 1.807) is 0 Å². The summed E-state index contributed by atoms with van der Waals surface area (Å²) in [6.07, 6.45) is -4.83. The summed E-state index contributed by atoms with van der Waals surface area (Å²) < 4.78 is 41.1. The highest BCUT2D eigenvalue weighted by atomic mass is 35.5. The SMILES string of the molecule is Cc1c(C(=O)O)nnn1-c1ccc(OC(F)(F)F)cc1Cl. The van der Waals surface area contributed by atoms with Crippen LogP contribution in [0.4, 0.5) is 13.2 Å². The molecule has 0 spiro atoms. The van der Waals surface area contributed by atoms with Crippen LogP contribution in [0, 0.1) is 6.92 Å². The van der Waals surface area contributed by atoms with Gasteiger partial charge in [-0.25, -0.2) is 9.48 Å². The van der Waals surface area contributed by atoms with E-state index >= 15 is 0 Å². The fraction of sp³-hybridized carbons (Fsp3) is 0.182. The largest absolute Gasteiger partial charge is 0.573 e. The monoisotopic (exact) mass is 321 g/mol. The van der Waals surface area contributed by atoms with Gasteiger partial charge >= 0.3 is 12.3 Å². The van der Waals surface area contributed by atoms with Crippen LogP contribution in [-0.2, 0) is 0 Å². The van der Waals surface area contributed by atoms with Crippen LogP contribution in [0.25, 0.3) is 5.69 Å². The van der Waals surface area contributed by atoms with Crippen molar-refractivity contribution in [2.75, 3.05) is 0 Å². The molecule has 0 fully saturated rings. The third kappa shape index (κ3) is 3.24. The number of aromatic nitrogens is 3. The number of hydrogen-bond acceptors (Lipinski definition) is 4. The summed E-state index contributed by atoms with van der Waals surface area (Å²) in [6.45, 7) is 1.44. The van der Waals surface area contributed by atoms with Gasteiger partial charge in [-0.15, -0.1) is 18.3 Å². The Hall–Kier alpha value is -2.29. The zero-order valence-electron chi connectivity index (χ0n) is 10.3. The molecule has 1 aromatic carbocycles. The van der Waals surface area contributed by atoms with Crippen molar-refractivity contribution < 1.29 is 27.8 Å². The average molecular weight is 322 g/mol. The summed E-state index contributed by atoms with van der Waals surface area (Å²) in [5.74, 6) is -1.76. The highest BCUT2D eigenvalue weighted by Gasteiger charge is 2.31. The third-order valence-electron chi connectivity index (χ3n) is 2.48. The van der Waals surface area contributed by atoms with Crippen molar-refractivity contribution in [3.05, 3.63) is 34.6 Å². The van der Waals surface area contributed by atoms with E-state index in [1.165, 1.54) is 13.0 Å². The molecule has 10 heteroatoms. The van der Waals surface area contributed by atoms with E-state index in [2.05, 4.69) is 15.0 Å². The second-order valence-corrected chi connectivity index (χ2v) is 4.31. The summed E-state index contributed by atoms with van der Waals surface area (Å²) in [6, 6.07) is 3.21. The van der Waals surface area contributed by atoms with Crippen LogP contribution in [-0.4, -0.2) is 32.4 Å². The molecule has 0 saturated carbocycles. The molecule has 21 heavy (non-hydrogen) atoms. The van der Waals surface area contributed by atoms with E-state index in [0.717, 1.165) is 16.8 Å². The summed E-state index contributed by atoms with van der Waals surface area (Å²) in [5.41, 5.74) is 0.0965. The third-order valence-corrected chi connectivity index (χ3v) is 2.78. The zero-order valence-corrected chi connectivity index (χ0v) is 11.1. The van der Waals surface area contributed by atoms with Crippen molar-refractivity contribution in [2.24, 2.45) is 0 Å². The van der Waals surface area contributed by atoms with Crippen LogP contribution in [0.1, 0.15) is 16.2 Å². The minimum absolute atomic E-state index is 0.0957. The lowest BCUT2D eigenvalue weighted by Crippen LogP contribution is -2.17. The Morgan fingerprint density at radius 1 is 1.43 bits per heavy atom. The maximum Gasteiger partial charge on any atom is 0.573 e. The number of nitrogens with zero attached hydrogens (tertiary/aromatic N) is 3. The van der Waals surface area contributed by atoms with Crippen molar-refractivity contribution in [1.29, 1.82) is 0 Å². The lowest BCUT2D eigenvalue weighted by molar-refractivity contribution is -0.274. The number of hydrogen-bond donors (Lipinski definition) is 1. The molecule has 0 unspecified atom stereocenters. The van der Waals surface area contributed by atoms with Gasteiger partial charge in [0.05, 0.1) is 16.4 Å². The van der Waals surface area contributed by atoms with Crippen LogP contribution in [0.5, 0.6) is 5.75 Å². The predicted octanol–water partition coefficient (Wildman–Crippen LogP) is 2.83. The van der Waals surface area contributed by atoms with E-state index in [0.29, 0.717) is 0 Å². The van der Waals surface area contributed by atoms with Gasteiger partial charge in [0.1, 0.15) is 5.75 Å². The van der Waals surface area contributed by atoms with Crippen LogP contribution in [0.15, 0.2) is 18.2 Å². The summed E-state index contributed by atoms with van der Waals surface area (Å²) in [4.78, 5) is 10.9. The number of rotatable bonds is 3. The zero-order chi connectivity index (χ0) is 15.8. The van der Waals surface area contributed by atoms with Crippen LogP contribution >= 0.6 is 11.6 Å². The van der Waals surface area contributed by atoms with Crippen LogP contribution in [0.2, 0.25) is 5.02 Å². The Kier molecular flexibility index (Phi) is 3.77. The van der Waals surface area contributed by atoms with E-state index in [4.69, 9.17) is 16.7 Å². The number of ether oxygens (including phenoxy) is 1. The molecule has 6 nitrogen and oxygen atoms in total. The fourth-order valence-electron chi connectivity index (χ4n) is 1.61. The van der Waals surface area contributed by atoms with Gasteiger partial charge < -0.3 is 9.84 Å². The minimum Gasteiger partial charge on any atom is -0.476 e. The van der Waals surface area contributed by atoms with E-state index in [1.807, 2.05) is 0 Å². The van der Waals surface area contributed by atoms with Gasteiger partial charge in [-0.1, -0.05) is 16.8 Å². The second kappa shape index (κ2) is 5.24. The first-order chi connectivity index (χ1) is 9.69. The minimum atomic E-state index is -4.83. The van der Waals surface area contributed by atoms with Crippen molar-refractivity contribution in [2.45, 2.75) is 13.3 Å². The molecule has 1 aromatic heterocycles. The number of carbonyl (C=O) groups is 1. The van der Waals surface area contributed by atoms with Crippen LogP contribution in [0.3, 0.4) is 0 Å². The average Bonchev–Trinajstić information content (AvgIpc) is 2.69. The molecule has 0 aliphatic heterocycles. The standard InChI is InChI=1S/C11H7ClF3N3O3/c1-5-9(10(19)20)16-17-18(5)8-3-2-6(4-7(8)12)21-11(13,14)15/h2-4H,1H3,(H,19,20). The topological polar surface area (TPSA) is 77.2 Å². The molecule has 0 bridgehead atoms.